The Labute approximate surface area is 68.3 Å². The zero-order valence-electron chi connectivity index (χ0n) is 7.59. The maximum Gasteiger partial charge on any atom is 0.105 e. The van der Waals surface area contributed by atoms with Crippen LogP contribution in [-0.2, 0) is 13.5 Å². The van der Waals surface area contributed by atoms with Gasteiger partial charge in [0.1, 0.15) is 5.82 Å². The predicted octanol–water partition coefficient (Wildman–Crippen LogP) is 2.07. The van der Waals surface area contributed by atoms with E-state index < -0.39 is 0 Å². The average Bonchev–Trinajstić information content (AvgIpc) is 2.31. The Morgan fingerprint density at radius 2 is 2.27 bits per heavy atom. The number of hydrogen-bond acceptors (Lipinski definition) is 1. The van der Waals surface area contributed by atoms with Crippen LogP contribution in [0.3, 0.4) is 0 Å². The highest BCUT2D eigenvalue weighted by atomic mass is 15.0. The third kappa shape index (κ3) is 1.82. The molecule has 2 nitrogen and oxygen atoms in total. The van der Waals surface area contributed by atoms with Gasteiger partial charge in [-0.05, 0) is 19.8 Å². The first kappa shape index (κ1) is 8.31. The summed E-state index contributed by atoms with van der Waals surface area (Å²) < 4.78 is 2.16. The second-order valence-electron chi connectivity index (χ2n) is 2.96. The molecule has 62 valence electrons. The van der Waals surface area contributed by atoms with Gasteiger partial charge in [-0.3, -0.25) is 0 Å². The zero-order chi connectivity index (χ0) is 8.27. The Kier molecular flexibility index (Phi) is 2.69. The van der Waals surface area contributed by atoms with Crippen LogP contribution in [0, 0.1) is 6.92 Å². The molecule has 0 saturated carbocycles. The molecule has 1 aromatic rings. The monoisotopic (exact) mass is 152 g/mol. The summed E-state index contributed by atoms with van der Waals surface area (Å²) in [5, 5.41) is 0. The Hall–Kier alpha value is -0.790. The Balaban J connectivity index is 2.63. The lowest BCUT2D eigenvalue weighted by molar-refractivity contribution is 0.721. The highest BCUT2D eigenvalue weighted by Gasteiger charge is 2.00. The molecule has 0 N–H and O–H groups in total. The van der Waals surface area contributed by atoms with Crippen molar-refractivity contribution in [3.05, 3.63) is 17.7 Å². The molecule has 1 heterocycles. The molecule has 1 aromatic heterocycles. The number of aromatic nitrogens is 2. The van der Waals surface area contributed by atoms with E-state index in [0.29, 0.717) is 0 Å². The molecule has 0 aliphatic heterocycles. The predicted molar refractivity (Wildman–Crippen MR) is 46.6 cm³/mol. The summed E-state index contributed by atoms with van der Waals surface area (Å²) in [6.45, 7) is 4.25. The third-order valence-corrected chi connectivity index (χ3v) is 2.10. The van der Waals surface area contributed by atoms with Crippen molar-refractivity contribution in [3.63, 3.8) is 0 Å². The Morgan fingerprint density at radius 1 is 1.55 bits per heavy atom. The quantitative estimate of drug-likeness (QED) is 0.648. The highest BCUT2D eigenvalue weighted by molar-refractivity contribution is 5.03. The van der Waals surface area contributed by atoms with Gasteiger partial charge in [-0.1, -0.05) is 13.3 Å². The van der Waals surface area contributed by atoms with Gasteiger partial charge in [0, 0.05) is 18.9 Å². The number of unbranched alkanes of at least 4 members (excludes halogenated alkanes) is 1. The molecule has 0 saturated heterocycles. The van der Waals surface area contributed by atoms with Gasteiger partial charge in [0.2, 0.25) is 0 Å². The summed E-state index contributed by atoms with van der Waals surface area (Å²) in [6, 6.07) is 0. The molecule has 0 aromatic carbocycles. The van der Waals surface area contributed by atoms with Crippen LogP contribution in [-0.4, -0.2) is 9.55 Å². The maximum atomic E-state index is 4.23. The highest BCUT2D eigenvalue weighted by Crippen LogP contribution is 2.05. The fourth-order valence-corrected chi connectivity index (χ4v) is 1.14. The van der Waals surface area contributed by atoms with Crippen molar-refractivity contribution in [1.82, 2.24) is 9.55 Å². The molecule has 2 heteroatoms. The summed E-state index contributed by atoms with van der Waals surface area (Å²) in [4.78, 5) is 4.23. The molecule has 0 bridgehead atoms. The molecule has 0 atom stereocenters. The van der Waals surface area contributed by atoms with Gasteiger partial charge in [-0.25, -0.2) is 4.98 Å². The van der Waals surface area contributed by atoms with Crippen LogP contribution in [0.2, 0.25) is 0 Å². The lowest BCUT2D eigenvalue weighted by Gasteiger charge is -2.01. The van der Waals surface area contributed by atoms with E-state index in [1.807, 2.05) is 13.1 Å². The fourth-order valence-electron chi connectivity index (χ4n) is 1.14. The normalized spacial score (nSPS) is 10.5. The van der Waals surface area contributed by atoms with E-state index in [1.165, 1.54) is 18.5 Å². The summed E-state index contributed by atoms with van der Waals surface area (Å²) in [7, 11) is 2.08. The van der Waals surface area contributed by atoms with E-state index in [-0.39, 0.29) is 0 Å². The number of rotatable bonds is 3. The minimum Gasteiger partial charge on any atom is -0.335 e. The molecule has 0 radical (unpaired) electrons. The SMILES string of the molecule is CCCCc1cnc(C)n1C. The topological polar surface area (TPSA) is 17.8 Å². The van der Waals surface area contributed by atoms with Crippen molar-refractivity contribution in [3.8, 4) is 0 Å². The van der Waals surface area contributed by atoms with Crippen LogP contribution in [0.25, 0.3) is 0 Å². The van der Waals surface area contributed by atoms with Crippen LogP contribution in [0.15, 0.2) is 6.20 Å². The van der Waals surface area contributed by atoms with E-state index in [1.54, 1.807) is 0 Å². The molecule has 0 amide bonds. The molecule has 0 aliphatic carbocycles. The lowest BCUT2D eigenvalue weighted by Crippen LogP contribution is -1.97. The van der Waals surface area contributed by atoms with E-state index >= 15 is 0 Å². The minimum atomic E-state index is 1.11. The molecular weight excluding hydrogens is 136 g/mol. The van der Waals surface area contributed by atoms with Gasteiger partial charge in [0.15, 0.2) is 0 Å². The molecule has 0 spiro atoms. The number of hydrogen-bond donors (Lipinski definition) is 0. The molecule has 0 fully saturated rings. The Bertz CT molecular complexity index is 225. The zero-order valence-corrected chi connectivity index (χ0v) is 7.59. The third-order valence-electron chi connectivity index (χ3n) is 2.10. The fraction of sp³-hybridized carbons (Fsp3) is 0.667. The van der Waals surface area contributed by atoms with Gasteiger partial charge in [-0.15, -0.1) is 0 Å². The smallest absolute Gasteiger partial charge is 0.105 e. The average molecular weight is 152 g/mol. The van der Waals surface area contributed by atoms with Gasteiger partial charge in [-0.2, -0.15) is 0 Å². The largest absolute Gasteiger partial charge is 0.335 e. The van der Waals surface area contributed by atoms with Crippen LogP contribution >= 0.6 is 0 Å². The van der Waals surface area contributed by atoms with E-state index in [2.05, 4.69) is 23.5 Å². The standard InChI is InChI=1S/C9H16N2/c1-4-5-6-9-7-10-8(2)11(9)3/h7H,4-6H2,1-3H3. The second-order valence-corrected chi connectivity index (χ2v) is 2.96. The van der Waals surface area contributed by atoms with Crippen molar-refractivity contribution >= 4 is 0 Å². The van der Waals surface area contributed by atoms with Crippen LogP contribution in [0.4, 0.5) is 0 Å². The molecule has 0 unspecified atom stereocenters. The van der Waals surface area contributed by atoms with E-state index in [4.69, 9.17) is 0 Å². The van der Waals surface area contributed by atoms with Gasteiger partial charge in [0.25, 0.3) is 0 Å². The summed E-state index contributed by atoms with van der Waals surface area (Å²) in [5.41, 5.74) is 1.35. The van der Waals surface area contributed by atoms with E-state index in [9.17, 15) is 0 Å². The van der Waals surface area contributed by atoms with Gasteiger partial charge in [0.05, 0.1) is 0 Å². The van der Waals surface area contributed by atoms with E-state index in [0.717, 1.165) is 12.2 Å². The molecule has 1 rings (SSSR count). The second kappa shape index (κ2) is 3.56. The molecule has 0 aliphatic rings. The van der Waals surface area contributed by atoms with Crippen molar-refractivity contribution < 1.29 is 0 Å². The Morgan fingerprint density at radius 3 is 2.73 bits per heavy atom. The van der Waals surface area contributed by atoms with Crippen LogP contribution in [0.5, 0.6) is 0 Å². The number of nitrogens with zero attached hydrogens (tertiary/aromatic N) is 2. The van der Waals surface area contributed by atoms with Crippen molar-refractivity contribution in [2.75, 3.05) is 0 Å². The van der Waals surface area contributed by atoms with Gasteiger partial charge < -0.3 is 4.57 Å². The van der Waals surface area contributed by atoms with Crippen molar-refractivity contribution in [2.45, 2.75) is 33.1 Å². The van der Waals surface area contributed by atoms with Crippen molar-refractivity contribution in [2.24, 2.45) is 7.05 Å². The maximum absolute atomic E-state index is 4.23. The summed E-state index contributed by atoms with van der Waals surface area (Å²) >= 11 is 0. The number of imidazole rings is 1. The minimum absolute atomic E-state index is 1.11. The van der Waals surface area contributed by atoms with Crippen LogP contribution < -0.4 is 0 Å². The first-order valence-corrected chi connectivity index (χ1v) is 4.23. The molecular formula is C9H16N2. The van der Waals surface area contributed by atoms with Crippen LogP contribution in [0.1, 0.15) is 31.3 Å². The lowest BCUT2D eigenvalue weighted by atomic mass is 10.2. The molecule has 11 heavy (non-hydrogen) atoms. The van der Waals surface area contributed by atoms with Gasteiger partial charge >= 0.3 is 0 Å². The summed E-state index contributed by atoms with van der Waals surface area (Å²) in [5.74, 6) is 1.11. The first-order chi connectivity index (χ1) is 5.25. The summed E-state index contributed by atoms with van der Waals surface area (Å²) in [6.07, 6.45) is 5.65. The first-order valence-electron chi connectivity index (χ1n) is 4.23. The van der Waals surface area contributed by atoms with Crippen molar-refractivity contribution in [1.29, 1.82) is 0 Å². The number of aryl methyl sites for hydroxylation is 2.